The molecule has 0 N–H and O–H groups in total. The molecule has 0 aromatic carbocycles. The molecule has 7 nitrogen and oxygen atoms in total. The van der Waals surface area contributed by atoms with E-state index in [-0.39, 0.29) is 13.1 Å². The van der Waals surface area contributed by atoms with E-state index in [9.17, 15) is 9.90 Å². The van der Waals surface area contributed by atoms with Crippen molar-refractivity contribution in [1.82, 2.24) is 0 Å². The van der Waals surface area contributed by atoms with Crippen LogP contribution in [0.5, 0.6) is 0 Å². The summed E-state index contributed by atoms with van der Waals surface area (Å²) in [6.07, 6.45) is 0.346. The number of rotatable bonds is 13. The van der Waals surface area contributed by atoms with Gasteiger partial charge in [-0.15, -0.1) is 0 Å². The minimum absolute atomic E-state index is 0.229. The van der Waals surface area contributed by atoms with Crippen LogP contribution in [0.4, 0.5) is 4.79 Å². The first-order valence-electron chi connectivity index (χ1n) is 7.75. The first-order valence-corrected chi connectivity index (χ1v) is 9.68. The van der Waals surface area contributed by atoms with Gasteiger partial charge >= 0.3 is 14.9 Å². The maximum absolute atomic E-state index is 11.4. The van der Waals surface area contributed by atoms with E-state index in [0.717, 1.165) is 6.26 Å². The van der Waals surface area contributed by atoms with E-state index in [1.165, 1.54) is 0 Å². The molecule has 0 aromatic heterocycles. The zero-order valence-electron chi connectivity index (χ0n) is 14.1. The highest BCUT2D eigenvalue weighted by Gasteiger charge is 2.41. The Kier molecular flexibility index (Phi) is 10.3. The van der Waals surface area contributed by atoms with Crippen LogP contribution in [0.3, 0.4) is 0 Å². The number of quaternary nitrogens is 1. The fourth-order valence-electron chi connectivity index (χ4n) is 2.24. The Morgan fingerprint density at radius 2 is 1.64 bits per heavy atom. The van der Waals surface area contributed by atoms with Gasteiger partial charge in [0.15, 0.2) is 0 Å². The number of hydrogen-bond acceptors (Lipinski definition) is 6. The molecule has 0 aromatic rings. The van der Waals surface area contributed by atoms with Crippen LogP contribution in [0.2, 0.25) is 6.04 Å². The Morgan fingerprint density at radius 3 is 1.95 bits per heavy atom. The SMILES string of the molecule is C=CO[N+](CC)(CCC[Si](OCC)(OCC)OCC)C(=O)[O-]. The minimum Gasteiger partial charge on any atom is -0.495 e. The normalized spacial score (nSPS) is 14.4. The molecule has 1 amide bonds. The molecule has 0 aliphatic rings. The second-order valence-corrected chi connectivity index (χ2v) is 7.28. The van der Waals surface area contributed by atoms with Crippen molar-refractivity contribution in [2.24, 2.45) is 0 Å². The lowest BCUT2D eigenvalue weighted by Crippen LogP contribution is -2.58. The maximum Gasteiger partial charge on any atom is 0.501 e. The fourth-order valence-corrected chi connectivity index (χ4v) is 4.84. The predicted molar refractivity (Wildman–Crippen MR) is 82.4 cm³/mol. The van der Waals surface area contributed by atoms with Crippen molar-refractivity contribution >= 4 is 14.9 Å². The van der Waals surface area contributed by atoms with Gasteiger partial charge in [-0.05, 0) is 27.7 Å². The summed E-state index contributed by atoms with van der Waals surface area (Å²) in [6, 6.07) is 0.524. The zero-order chi connectivity index (χ0) is 17.1. The van der Waals surface area contributed by atoms with Crippen LogP contribution in [-0.4, -0.2) is 52.5 Å². The van der Waals surface area contributed by atoms with Gasteiger partial charge in [0.05, 0.1) is 0 Å². The second-order valence-electron chi connectivity index (χ2n) is 4.55. The summed E-state index contributed by atoms with van der Waals surface area (Å²) in [6.45, 7) is 12.7. The molecule has 0 saturated heterocycles. The van der Waals surface area contributed by atoms with Gasteiger partial charge in [0.2, 0.25) is 0 Å². The van der Waals surface area contributed by atoms with Crippen LogP contribution < -0.4 is 5.11 Å². The van der Waals surface area contributed by atoms with Gasteiger partial charge in [-0.3, -0.25) is 0 Å². The van der Waals surface area contributed by atoms with Gasteiger partial charge < -0.3 is 28.0 Å². The molecule has 0 spiro atoms. The molecule has 0 rings (SSSR count). The number of carbonyl (C=O) groups is 1. The molecule has 0 heterocycles. The Bertz CT molecular complexity index is 324. The largest absolute Gasteiger partial charge is 0.501 e. The lowest BCUT2D eigenvalue weighted by atomic mass is 10.4. The highest BCUT2D eigenvalue weighted by molar-refractivity contribution is 6.60. The summed E-state index contributed by atoms with van der Waals surface area (Å²) in [5.41, 5.74) is 0. The first kappa shape index (κ1) is 21.1. The molecule has 1 atom stereocenters. The first-order chi connectivity index (χ1) is 10.5. The summed E-state index contributed by atoms with van der Waals surface area (Å²) in [7, 11) is -2.77. The van der Waals surface area contributed by atoms with E-state index < -0.39 is 19.5 Å². The van der Waals surface area contributed by atoms with Crippen LogP contribution in [0, 0.1) is 0 Å². The van der Waals surface area contributed by atoms with Crippen LogP contribution >= 0.6 is 0 Å². The van der Waals surface area contributed by atoms with Crippen molar-refractivity contribution in [2.45, 2.75) is 40.2 Å². The molecule has 130 valence electrons. The smallest absolute Gasteiger partial charge is 0.495 e. The van der Waals surface area contributed by atoms with E-state index in [0.29, 0.717) is 32.3 Å². The highest BCUT2D eigenvalue weighted by Crippen LogP contribution is 2.20. The quantitative estimate of drug-likeness (QED) is 0.221. The third-order valence-electron chi connectivity index (χ3n) is 3.21. The zero-order valence-corrected chi connectivity index (χ0v) is 15.1. The molecule has 8 heteroatoms. The molecular weight excluding hydrogens is 306 g/mol. The molecule has 1 unspecified atom stereocenters. The van der Waals surface area contributed by atoms with Gasteiger partial charge in [-0.2, -0.15) is 0 Å². The summed E-state index contributed by atoms with van der Waals surface area (Å²) in [5.74, 6) is 0. The lowest BCUT2D eigenvalue weighted by molar-refractivity contribution is -1.04. The second kappa shape index (κ2) is 10.7. The van der Waals surface area contributed by atoms with Gasteiger partial charge in [-0.1, -0.05) is 11.2 Å². The average Bonchev–Trinajstić information content (AvgIpc) is 2.47. The lowest BCUT2D eigenvalue weighted by Gasteiger charge is -2.34. The topological polar surface area (TPSA) is 77.0 Å². The predicted octanol–water partition coefficient (Wildman–Crippen LogP) is 1.68. The Labute approximate surface area is 134 Å². The molecule has 0 saturated carbocycles. The van der Waals surface area contributed by atoms with Gasteiger partial charge in [0.25, 0.3) is 0 Å². The number of carboxylic acid groups (broad SMARTS) is 1. The van der Waals surface area contributed by atoms with Crippen molar-refractivity contribution in [3.8, 4) is 0 Å². The van der Waals surface area contributed by atoms with Gasteiger partial charge in [0.1, 0.15) is 19.4 Å². The average molecular weight is 335 g/mol. The maximum atomic E-state index is 11.4. The summed E-state index contributed by atoms with van der Waals surface area (Å²) < 4.78 is 16.6. The molecule has 0 aliphatic heterocycles. The van der Waals surface area contributed by atoms with E-state index in [1.54, 1.807) is 6.92 Å². The van der Waals surface area contributed by atoms with Crippen LogP contribution in [0.25, 0.3) is 0 Å². The number of carbonyl (C=O) groups excluding carboxylic acids is 1. The third kappa shape index (κ3) is 6.05. The Hall–Kier alpha value is -0.933. The fraction of sp³-hybridized carbons (Fsp3) is 0.786. The van der Waals surface area contributed by atoms with Crippen LogP contribution in [-0.2, 0) is 18.1 Å². The third-order valence-corrected chi connectivity index (χ3v) is 6.37. The van der Waals surface area contributed by atoms with E-state index >= 15 is 0 Å². The van der Waals surface area contributed by atoms with Crippen molar-refractivity contribution in [2.75, 3.05) is 32.9 Å². The molecule has 0 radical (unpaired) electrons. The van der Waals surface area contributed by atoms with E-state index in [4.69, 9.17) is 18.1 Å². The Balaban J connectivity index is 4.88. The summed E-state index contributed by atoms with van der Waals surface area (Å²) in [5, 5.41) is 11.4. The number of nitrogens with zero attached hydrogens (tertiary/aromatic N) is 1. The Morgan fingerprint density at radius 1 is 1.14 bits per heavy atom. The van der Waals surface area contributed by atoms with Gasteiger partial charge in [-0.25, -0.2) is 0 Å². The minimum atomic E-state index is -2.77. The summed E-state index contributed by atoms with van der Waals surface area (Å²) in [4.78, 5) is 16.5. The monoisotopic (exact) mass is 335 g/mol. The standard InChI is InChI=1S/C14H29NO6Si/c1-6-15(14(16)17,18-7-2)12-11-13-22(19-8-3,20-9-4)21-10-5/h7H,2,6,8-13H2,1,3-5H3. The summed E-state index contributed by atoms with van der Waals surface area (Å²) >= 11 is 0. The van der Waals surface area contributed by atoms with Crippen molar-refractivity contribution in [3.05, 3.63) is 12.8 Å². The van der Waals surface area contributed by atoms with Crippen molar-refractivity contribution in [1.29, 1.82) is 0 Å². The van der Waals surface area contributed by atoms with Gasteiger partial charge in [0, 0.05) is 32.3 Å². The van der Waals surface area contributed by atoms with E-state index in [1.807, 2.05) is 20.8 Å². The van der Waals surface area contributed by atoms with Crippen LogP contribution in [0.15, 0.2) is 12.8 Å². The highest BCUT2D eigenvalue weighted by atomic mass is 28.4. The number of hydrogen-bond donors (Lipinski definition) is 0. The van der Waals surface area contributed by atoms with E-state index in [2.05, 4.69) is 6.58 Å². The molecule has 0 fully saturated rings. The molecule has 22 heavy (non-hydrogen) atoms. The van der Waals surface area contributed by atoms with Crippen molar-refractivity contribution < 1.29 is 32.7 Å². The van der Waals surface area contributed by atoms with Crippen LogP contribution in [0.1, 0.15) is 34.1 Å². The molecule has 0 bridgehead atoms. The number of hydroxylamine groups is 3. The molecule has 0 aliphatic carbocycles. The number of amides is 1. The molecular formula is C14H29NO6Si. The van der Waals surface area contributed by atoms with Crippen molar-refractivity contribution in [3.63, 3.8) is 0 Å².